The third-order valence-electron chi connectivity index (χ3n) is 10.2. The SMILES string of the molecule is c1ccc2cc(-c3ccc4sc5ccc(-c6ccc7c(c6)c6ccccc6c6cc8c(cc76)[se]c6ccccc68)cc5c4c3)ccc2c1. The fraction of sp³-hybridized carbons (Fsp3) is 0. The van der Waals surface area contributed by atoms with E-state index in [-0.39, 0.29) is 0 Å². The Hall–Kier alpha value is -5.24. The molecule has 0 amide bonds. The van der Waals surface area contributed by atoms with Crippen LogP contribution in [-0.2, 0) is 0 Å². The van der Waals surface area contributed by atoms with Crippen LogP contribution in [0.4, 0.5) is 0 Å². The second-order valence-corrected chi connectivity index (χ2v) is 16.2. The van der Waals surface area contributed by atoms with Gasteiger partial charge < -0.3 is 0 Å². The van der Waals surface area contributed by atoms with E-state index in [4.69, 9.17) is 0 Å². The molecule has 0 aliphatic carbocycles. The summed E-state index contributed by atoms with van der Waals surface area (Å²) in [6.45, 7) is 0. The van der Waals surface area contributed by atoms with E-state index in [1.54, 1.807) is 0 Å². The van der Waals surface area contributed by atoms with Gasteiger partial charge in [0.25, 0.3) is 0 Å². The second kappa shape index (κ2) is 10.1. The molecule has 222 valence electrons. The minimum Gasteiger partial charge on any atom is -0.0544 e. The normalized spacial score (nSPS) is 12.2. The van der Waals surface area contributed by atoms with Gasteiger partial charge in [-0.1, -0.05) is 42.5 Å². The quantitative estimate of drug-likeness (QED) is 0.125. The molecule has 0 saturated carbocycles. The van der Waals surface area contributed by atoms with Gasteiger partial charge in [0.15, 0.2) is 0 Å². The predicted molar refractivity (Wildman–Crippen MR) is 212 cm³/mol. The van der Waals surface area contributed by atoms with E-state index in [2.05, 4.69) is 158 Å². The van der Waals surface area contributed by atoms with Crippen molar-refractivity contribution in [1.29, 1.82) is 0 Å². The molecule has 0 saturated heterocycles. The third-order valence-corrected chi connectivity index (χ3v) is 13.7. The molecule has 11 rings (SSSR count). The zero-order valence-electron chi connectivity index (χ0n) is 25.8. The van der Waals surface area contributed by atoms with Crippen LogP contribution >= 0.6 is 11.3 Å². The van der Waals surface area contributed by atoms with Gasteiger partial charge in [0.05, 0.1) is 0 Å². The molecule has 0 atom stereocenters. The van der Waals surface area contributed by atoms with Crippen LogP contribution in [0.3, 0.4) is 0 Å². The maximum absolute atomic E-state index is 2.50. The molecule has 0 fully saturated rings. The summed E-state index contributed by atoms with van der Waals surface area (Å²) in [4.78, 5) is 0. The third kappa shape index (κ3) is 3.95. The van der Waals surface area contributed by atoms with Gasteiger partial charge in [0.2, 0.25) is 0 Å². The van der Waals surface area contributed by atoms with Crippen molar-refractivity contribution in [3.63, 3.8) is 0 Å². The summed E-state index contributed by atoms with van der Waals surface area (Å²) in [6.07, 6.45) is 0. The van der Waals surface area contributed by atoms with Crippen LogP contribution in [0.2, 0.25) is 0 Å². The molecule has 0 radical (unpaired) electrons. The molecule has 2 heterocycles. The Labute approximate surface area is 286 Å². The summed E-state index contributed by atoms with van der Waals surface area (Å²) in [5, 5.41) is 16.1. The van der Waals surface area contributed by atoms with E-state index in [1.807, 2.05) is 11.3 Å². The molecule has 0 unspecified atom stereocenters. The monoisotopic (exact) mass is 690 g/mol. The Kier molecular flexibility index (Phi) is 5.65. The van der Waals surface area contributed by atoms with Crippen molar-refractivity contribution in [2.45, 2.75) is 0 Å². The van der Waals surface area contributed by atoms with E-state index < -0.39 is 0 Å². The number of fused-ring (bicyclic) bond motifs is 13. The summed E-state index contributed by atoms with van der Waals surface area (Å²) in [5.74, 6) is 0. The Morgan fingerprint density at radius 1 is 0.292 bits per heavy atom. The fourth-order valence-corrected chi connectivity index (χ4v) is 11.3. The second-order valence-electron chi connectivity index (χ2n) is 12.9. The molecular weight excluding hydrogens is 664 g/mol. The predicted octanol–water partition coefficient (Wildman–Crippen LogP) is 13.4. The Morgan fingerprint density at radius 2 is 0.812 bits per heavy atom. The first kappa shape index (κ1) is 26.8. The number of thiophene rings is 1. The number of hydrogen-bond donors (Lipinski definition) is 0. The average molecular weight is 690 g/mol. The van der Waals surface area contributed by atoms with Crippen LogP contribution < -0.4 is 0 Å². The van der Waals surface area contributed by atoms with Gasteiger partial charge in [0, 0.05) is 0 Å². The van der Waals surface area contributed by atoms with Crippen LogP contribution in [0.15, 0.2) is 158 Å². The van der Waals surface area contributed by atoms with E-state index in [1.165, 1.54) is 105 Å². The molecule has 0 aliphatic heterocycles. The summed E-state index contributed by atoms with van der Waals surface area (Å²) in [6, 6.07) is 59.4. The fourth-order valence-electron chi connectivity index (χ4n) is 7.86. The molecule has 0 aliphatic rings. The molecule has 48 heavy (non-hydrogen) atoms. The van der Waals surface area contributed by atoms with Crippen LogP contribution in [0, 0.1) is 0 Å². The summed E-state index contributed by atoms with van der Waals surface area (Å²) >= 11 is 2.22. The zero-order valence-corrected chi connectivity index (χ0v) is 28.4. The zero-order chi connectivity index (χ0) is 31.3. The van der Waals surface area contributed by atoms with Crippen molar-refractivity contribution >= 4 is 108 Å². The average Bonchev–Trinajstić information content (AvgIpc) is 3.71. The maximum atomic E-state index is 2.50. The van der Waals surface area contributed by atoms with Gasteiger partial charge in [-0.15, -0.1) is 0 Å². The van der Waals surface area contributed by atoms with Crippen molar-refractivity contribution in [2.24, 2.45) is 0 Å². The van der Waals surface area contributed by atoms with E-state index in [0.29, 0.717) is 14.5 Å². The molecule has 0 nitrogen and oxygen atoms in total. The Bertz CT molecular complexity index is 3120. The number of benzene rings is 9. The molecule has 2 aromatic heterocycles. The molecule has 11 aromatic rings. The van der Waals surface area contributed by atoms with Crippen molar-refractivity contribution in [2.75, 3.05) is 0 Å². The van der Waals surface area contributed by atoms with E-state index in [9.17, 15) is 0 Å². The van der Waals surface area contributed by atoms with Crippen molar-refractivity contribution in [1.82, 2.24) is 0 Å². The van der Waals surface area contributed by atoms with Gasteiger partial charge in [-0.05, 0) is 34.0 Å². The van der Waals surface area contributed by atoms with E-state index in [0.717, 1.165) is 0 Å². The van der Waals surface area contributed by atoms with Gasteiger partial charge >= 0.3 is 212 Å². The minimum atomic E-state index is 0.338. The van der Waals surface area contributed by atoms with Gasteiger partial charge in [0.1, 0.15) is 0 Å². The number of rotatable bonds is 2. The van der Waals surface area contributed by atoms with Gasteiger partial charge in [-0.2, -0.15) is 0 Å². The smallest absolute Gasteiger partial charge is 0.0544 e. The van der Waals surface area contributed by atoms with E-state index >= 15 is 0 Å². The first-order chi connectivity index (χ1) is 23.7. The summed E-state index contributed by atoms with van der Waals surface area (Å²) in [7, 11) is 0. The van der Waals surface area contributed by atoms with Gasteiger partial charge in [-0.25, -0.2) is 0 Å². The molecule has 2 heteroatoms. The number of hydrogen-bond acceptors (Lipinski definition) is 1. The van der Waals surface area contributed by atoms with Crippen molar-refractivity contribution < 1.29 is 0 Å². The van der Waals surface area contributed by atoms with Crippen molar-refractivity contribution in [3.8, 4) is 22.3 Å². The first-order valence-electron chi connectivity index (χ1n) is 16.4. The van der Waals surface area contributed by atoms with Crippen molar-refractivity contribution in [3.05, 3.63) is 158 Å². The molecule has 9 aromatic carbocycles. The van der Waals surface area contributed by atoms with Crippen LogP contribution in [0.5, 0.6) is 0 Å². The topological polar surface area (TPSA) is 0 Å². The minimum absolute atomic E-state index is 0.338. The first-order valence-corrected chi connectivity index (χ1v) is 18.9. The summed E-state index contributed by atoms with van der Waals surface area (Å²) < 4.78 is 5.65. The molecule has 0 N–H and O–H groups in total. The van der Waals surface area contributed by atoms with Gasteiger partial charge in [-0.3, -0.25) is 0 Å². The molecule has 0 bridgehead atoms. The standard InChI is InChI=1S/C46H26SSe/c1-2-8-28-21-29(14-13-27(28)7-1)31-16-19-43-40(23-31)41-24-32(17-20-44(41)47-43)30-15-18-35-37(22-30)33-9-3-4-10-34(33)38-25-42-36-11-5-6-12-45(36)48-46(42)26-39(35)38/h1-26H. The molecular formula is C46H26SSe. The van der Waals surface area contributed by atoms with Crippen LogP contribution in [0.25, 0.3) is 105 Å². The summed E-state index contributed by atoms with van der Waals surface area (Å²) in [5.41, 5.74) is 5.04. The Morgan fingerprint density at radius 3 is 1.56 bits per heavy atom. The van der Waals surface area contributed by atoms with Crippen LogP contribution in [0.1, 0.15) is 0 Å². The molecule has 0 spiro atoms. The Balaban J connectivity index is 1.10. The van der Waals surface area contributed by atoms with Crippen LogP contribution in [-0.4, -0.2) is 14.5 Å².